The van der Waals surface area contributed by atoms with Crippen LogP contribution in [0.2, 0.25) is 0 Å². The molecule has 7 nitrogen and oxygen atoms in total. The van der Waals surface area contributed by atoms with E-state index >= 15 is 0 Å². The molecule has 0 fully saturated rings. The Balaban J connectivity index is 1.29. The van der Waals surface area contributed by atoms with Gasteiger partial charge >= 0.3 is 0 Å². The van der Waals surface area contributed by atoms with Crippen LogP contribution in [0.3, 0.4) is 0 Å². The fraction of sp³-hybridized carbons (Fsp3) is 0.259. The lowest BCUT2D eigenvalue weighted by Gasteiger charge is -2.25. The van der Waals surface area contributed by atoms with Crippen molar-refractivity contribution in [3.63, 3.8) is 0 Å². The van der Waals surface area contributed by atoms with Crippen LogP contribution >= 0.6 is 0 Å². The first-order valence-electron chi connectivity index (χ1n) is 11.7. The largest absolute Gasteiger partial charge is 0.347 e. The SMILES string of the molecule is O=C1CCCc2ccc(N(Cc3ccc(CNCc4ccccn4)cc3)Cc3cnc[nH]3)nc21. The van der Waals surface area contributed by atoms with Gasteiger partial charge in [-0.25, -0.2) is 9.97 Å². The number of carbonyl (C=O) groups is 1. The van der Waals surface area contributed by atoms with E-state index in [0.717, 1.165) is 48.7 Å². The molecule has 0 saturated heterocycles. The average molecular weight is 453 g/mol. The van der Waals surface area contributed by atoms with E-state index in [-0.39, 0.29) is 5.78 Å². The molecule has 172 valence electrons. The maximum Gasteiger partial charge on any atom is 0.181 e. The lowest BCUT2D eigenvalue weighted by atomic mass is 9.95. The van der Waals surface area contributed by atoms with Gasteiger partial charge in [-0.3, -0.25) is 9.78 Å². The Morgan fingerprint density at radius 3 is 2.62 bits per heavy atom. The summed E-state index contributed by atoms with van der Waals surface area (Å²) in [7, 11) is 0. The molecule has 0 radical (unpaired) electrons. The quantitative estimate of drug-likeness (QED) is 0.396. The molecule has 0 amide bonds. The number of ketones is 1. The van der Waals surface area contributed by atoms with Gasteiger partial charge in [-0.15, -0.1) is 0 Å². The molecule has 0 saturated carbocycles. The molecular weight excluding hydrogens is 424 g/mol. The minimum absolute atomic E-state index is 0.146. The van der Waals surface area contributed by atoms with Gasteiger partial charge in [-0.05, 0) is 47.7 Å². The van der Waals surface area contributed by atoms with Crippen LogP contribution in [0.1, 0.15) is 51.4 Å². The van der Waals surface area contributed by atoms with Crippen LogP contribution in [0.25, 0.3) is 0 Å². The Labute approximate surface area is 199 Å². The van der Waals surface area contributed by atoms with Gasteiger partial charge in [0.1, 0.15) is 11.5 Å². The summed E-state index contributed by atoms with van der Waals surface area (Å²) in [6.07, 6.45) is 7.74. The van der Waals surface area contributed by atoms with Crippen LogP contribution in [0, 0.1) is 0 Å². The van der Waals surface area contributed by atoms with Crippen LogP contribution in [-0.2, 0) is 32.6 Å². The maximum absolute atomic E-state index is 12.4. The Morgan fingerprint density at radius 2 is 1.82 bits per heavy atom. The number of nitrogens with zero attached hydrogens (tertiary/aromatic N) is 4. The summed E-state index contributed by atoms with van der Waals surface area (Å²) >= 11 is 0. The van der Waals surface area contributed by atoms with Crippen molar-refractivity contribution in [2.24, 2.45) is 0 Å². The van der Waals surface area contributed by atoms with Crippen LogP contribution in [-0.4, -0.2) is 25.7 Å². The van der Waals surface area contributed by atoms with Crippen LogP contribution in [0.4, 0.5) is 5.82 Å². The van der Waals surface area contributed by atoms with Crippen LogP contribution in [0.15, 0.2) is 73.3 Å². The molecule has 0 spiro atoms. The Hall–Kier alpha value is -3.84. The molecule has 7 heteroatoms. The number of aromatic nitrogens is 4. The topological polar surface area (TPSA) is 86.8 Å². The molecule has 3 aromatic heterocycles. The summed E-state index contributed by atoms with van der Waals surface area (Å²) in [5.74, 6) is 0.955. The first-order chi connectivity index (χ1) is 16.7. The smallest absolute Gasteiger partial charge is 0.181 e. The van der Waals surface area contributed by atoms with Gasteiger partial charge in [0.15, 0.2) is 5.78 Å². The van der Waals surface area contributed by atoms with E-state index in [1.54, 1.807) is 6.33 Å². The van der Waals surface area contributed by atoms with Crippen molar-refractivity contribution >= 4 is 11.6 Å². The fourth-order valence-corrected chi connectivity index (χ4v) is 4.27. The average Bonchev–Trinajstić information content (AvgIpc) is 3.39. The standard InChI is InChI=1S/C27H28N6O/c34-25-6-3-4-22-11-12-26(32-27(22)25)33(18-24-16-29-19-31-24)17-21-9-7-20(8-10-21)14-28-15-23-5-1-2-13-30-23/h1-2,5,7-13,16,19,28H,3-4,6,14-15,17-18H2,(H,29,31). The molecule has 1 aliphatic carbocycles. The molecule has 0 bridgehead atoms. The van der Waals surface area contributed by atoms with E-state index in [2.05, 4.69) is 55.5 Å². The molecule has 34 heavy (non-hydrogen) atoms. The van der Waals surface area contributed by atoms with Crippen molar-refractivity contribution in [3.8, 4) is 0 Å². The number of anilines is 1. The highest BCUT2D eigenvalue weighted by atomic mass is 16.1. The zero-order valence-corrected chi connectivity index (χ0v) is 19.1. The fourth-order valence-electron chi connectivity index (χ4n) is 4.27. The lowest BCUT2D eigenvalue weighted by molar-refractivity contribution is 0.0967. The Kier molecular flexibility index (Phi) is 6.72. The number of imidazole rings is 1. The molecule has 1 aliphatic rings. The maximum atomic E-state index is 12.4. The Morgan fingerprint density at radius 1 is 0.941 bits per heavy atom. The van der Waals surface area contributed by atoms with Crippen molar-refractivity contribution < 1.29 is 4.79 Å². The van der Waals surface area contributed by atoms with Gasteiger partial charge < -0.3 is 15.2 Å². The van der Waals surface area contributed by atoms with E-state index in [4.69, 9.17) is 4.98 Å². The van der Waals surface area contributed by atoms with E-state index < -0.39 is 0 Å². The third-order valence-electron chi connectivity index (χ3n) is 6.08. The van der Waals surface area contributed by atoms with E-state index in [1.165, 1.54) is 11.1 Å². The molecule has 2 N–H and O–H groups in total. The number of H-pyrrole nitrogens is 1. The molecule has 0 unspecified atom stereocenters. The van der Waals surface area contributed by atoms with Crippen LogP contribution < -0.4 is 10.2 Å². The van der Waals surface area contributed by atoms with Crippen molar-refractivity contribution in [3.05, 3.63) is 107 Å². The predicted molar refractivity (Wildman–Crippen MR) is 131 cm³/mol. The van der Waals surface area contributed by atoms with Gasteiger partial charge in [-0.2, -0.15) is 0 Å². The molecule has 5 rings (SSSR count). The molecule has 0 atom stereocenters. The van der Waals surface area contributed by atoms with Crippen molar-refractivity contribution in [1.29, 1.82) is 0 Å². The Bertz CT molecular complexity index is 1220. The number of rotatable bonds is 9. The second-order valence-electron chi connectivity index (χ2n) is 8.63. The minimum atomic E-state index is 0.146. The van der Waals surface area contributed by atoms with Crippen molar-refractivity contribution in [2.75, 3.05) is 4.90 Å². The van der Waals surface area contributed by atoms with Gasteiger partial charge in [0.2, 0.25) is 0 Å². The highest BCUT2D eigenvalue weighted by molar-refractivity contribution is 5.96. The van der Waals surface area contributed by atoms with Gasteiger partial charge in [-0.1, -0.05) is 36.4 Å². The number of benzene rings is 1. The first kappa shape index (κ1) is 22.0. The van der Waals surface area contributed by atoms with Crippen LogP contribution in [0.5, 0.6) is 0 Å². The van der Waals surface area contributed by atoms with Crippen molar-refractivity contribution in [1.82, 2.24) is 25.3 Å². The highest BCUT2D eigenvalue weighted by Crippen LogP contribution is 2.25. The van der Waals surface area contributed by atoms with Gasteiger partial charge in [0.25, 0.3) is 0 Å². The number of fused-ring (bicyclic) bond motifs is 1. The zero-order chi connectivity index (χ0) is 23.2. The molecule has 3 heterocycles. The summed E-state index contributed by atoms with van der Waals surface area (Å²) in [6.45, 7) is 2.83. The lowest BCUT2D eigenvalue weighted by Crippen LogP contribution is -2.25. The van der Waals surface area contributed by atoms with E-state index in [9.17, 15) is 4.79 Å². The molecule has 1 aromatic carbocycles. The summed E-state index contributed by atoms with van der Waals surface area (Å²) < 4.78 is 0. The summed E-state index contributed by atoms with van der Waals surface area (Å²) in [5.41, 5.74) is 6.12. The predicted octanol–water partition coefficient (Wildman–Crippen LogP) is 4.22. The third kappa shape index (κ3) is 5.38. The summed E-state index contributed by atoms with van der Waals surface area (Å²) in [5, 5.41) is 3.44. The number of hydrogen-bond acceptors (Lipinski definition) is 6. The number of pyridine rings is 2. The minimum Gasteiger partial charge on any atom is -0.347 e. The van der Waals surface area contributed by atoms with E-state index in [0.29, 0.717) is 25.2 Å². The normalized spacial score (nSPS) is 13.0. The molecular formula is C27H28N6O. The van der Waals surface area contributed by atoms with Gasteiger partial charge in [0.05, 0.1) is 24.3 Å². The third-order valence-corrected chi connectivity index (χ3v) is 6.08. The molecule has 0 aliphatic heterocycles. The number of hydrogen-bond donors (Lipinski definition) is 2. The second kappa shape index (κ2) is 10.4. The van der Waals surface area contributed by atoms with Crippen molar-refractivity contribution in [2.45, 2.75) is 45.4 Å². The zero-order valence-electron chi connectivity index (χ0n) is 19.1. The monoisotopic (exact) mass is 452 g/mol. The number of aryl methyl sites for hydroxylation is 1. The summed E-state index contributed by atoms with van der Waals surface area (Å²) in [4.78, 5) is 31.1. The summed E-state index contributed by atoms with van der Waals surface area (Å²) in [6, 6.07) is 18.7. The first-order valence-corrected chi connectivity index (χ1v) is 11.7. The van der Waals surface area contributed by atoms with Gasteiger partial charge in [0, 0.05) is 38.4 Å². The number of carbonyl (C=O) groups excluding carboxylic acids is 1. The number of aromatic amines is 1. The highest BCUT2D eigenvalue weighted by Gasteiger charge is 2.21. The number of Topliss-reactive ketones (excluding diaryl/α,β-unsaturated/α-hetero) is 1. The molecule has 4 aromatic rings. The second-order valence-corrected chi connectivity index (χ2v) is 8.63. The number of nitrogens with one attached hydrogen (secondary N) is 2. The van der Waals surface area contributed by atoms with E-state index in [1.807, 2.05) is 36.7 Å².